The largest absolute Gasteiger partial charge is 0.319 e. The molecular weight excluding hydrogens is 172 g/mol. The molecule has 0 bridgehead atoms. The number of nitrogens with one attached hydrogen (secondary N) is 1. The van der Waals surface area contributed by atoms with Crippen LogP contribution < -0.4 is 5.32 Å². The van der Waals surface area contributed by atoms with Crippen molar-refractivity contribution < 1.29 is 8.78 Å². The smallest absolute Gasteiger partial charge is 0.248 e. The highest BCUT2D eigenvalue weighted by Crippen LogP contribution is 2.46. The van der Waals surface area contributed by atoms with Gasteiger partial charge in [0, 0.05) is 19.4 Å². The first-order chi connectivity index (χ1) is 5.87. The highest BCUT2D eigenvalue weighted by molar-refractivity contribution is 4.90. The minimum Gasteiger partial charge on any atom is -0.319 e. The molecule has 1 atom stereocenters. The van der Waals surface area contributed by atoms with Crippen LogP contribution in [0.4, 0.5) is 8.78 Å². The molecule has 0 aromatic heterocycles. The summed E-state index contributed by atoms with van der Waals surface area (Å²) in [6.07, 6.45) is 0.814. The fraction of sp³-hybridized carbons (Fsp3) is 1.00. The summed E-state index contributed by atoms with van der Waals surface area (Å²) in [6.45, 7) is 4.94. The van der Waals surface area contributed by atoms with E-state index in [1.807, 2.05) is 7.05 Å². The second-order valence-corrected chi connectivity index (χ2v) is 4.81. The Hall–Kier alpha value is -0.180. The van der Waals surface area contributed by atoms with E-state index in [0.717, 1.165) is 6.54 Å². The highest BCUT2D eigenvalue weighted by atomic mass is 19.3. The van der Waals surface area contributed by atoms with Crippen molar-refractivity contribution in [1.82, 2.24) is 5.32 Å². The lowest BCUT2D eigenvalue weighted by Gasteiger charge is -2.31. The summed E-state index contributed by atoms with van der Waals surface area (Å²) in [5, 5.41) is 3.07. The molecule has 0 aromatic rings. The van der Waals surface area contributed by atoms with Crippen LogP contribution in [0, 0.1) is 11.3 Å². The van der Waals surface area contributed by atoms with Crippen molar-refractivity contribution in [3.8, 4) is 0 Å². The average molecular weight is 191 g/mol. The zero-order chi connectivity index (χ0) is 10.1. The lowest BCUT2D eigenvalue weighted by molar-refractivity contribution is -0.00187. The molecule has 1 fully saturated rings. The van der Waals surface area contributed by atoms with Crippen LogP contribution in [0.3, 0.4) is 0 Å². The summed E-state index contributed by atoms with van der Waals surface area (Å²) in [4.78, 5) is 0. The maximum atomic E-state index is 12.9. The predicted molar refractivity (Wildman–Crippen MR) is 50.0 cm³/mol. The molecule has 1 rings (SSSR count). The van der Waals surface area contributed by atoms with Crippen molar-refractivity contribution in [3.63, 3.8) is 0 Å². The standard InChI is InChI=1S/C10H19F2N/c1-9(2,7-13-3)8-4-5-10(11,12)6-8/h8,13H,4-7H2,1-3H3. The van der Waals surface area contributed by atoms with E-state index in [4.69, 9.17) is 0 Å². The van der Waals surface area contributed by atoms with Crippen LogP contribution in [0.5, 0.6) is 0 Å². The molecular formula is C10H19F2N. The molecule has 0 saturated heterocycles. The number of hydrogen-bond acceptors (Lipinski definition) is 1. The third-order valence-electron chi connectivity index (χ3n) is 3.14. The first-order valence-electron chi connectivity index (χ1n) is 4.90. The van der Waals surface area contributed by atoms with Crippen LogP contribution in [0.25, 0.3) is 0 Å². The Morgan fingerprint density at radius 2 is 2.08 bits per heavy atom. The molecule has 1 aliphatic carbocycles. The van der Waals surface area contributed by atoms with Gasteiger partial charge in [0.25, 0.3) is 0 Å². The number of alkyl halides is 2. The van der Waals surface area contributed by atoms with Crippen LogP contribution in [0.2, 0.25) is 0 Å². The van der Waals surface area contributed by atoms with Gasteiger partial charge in [0.15, 0.2) is 0 Å². The molecule has 0 aliphatic heterocycles. The zero-order valence-corrected chi connectivity index (χ0v) is 8.66. The van der Waals surface area contributed by atoms with Crippen molar-refractivity contribution in [3.05, 3.63) is 0 Å². The molecule has 1 unspecified atom stereocenters. The van der Waals surface area contributed by atoms with Gasteiger partial charge in [-0.15, -0.1) is 0 Å². The third kappa shape index (κ3) is 2.63. The Kier molecular flexibility index (Phi) is 2.95. The molecule has 13 heavy (non-hydrogen) atoms. The Bertz CT molecular complexity index is 178. The molecule has 1 nitrogen and oxygen atoms in total. The van der Waals surface area contributed by atoms with Gasteiger partial charge in [0.2, 0.25) is 5.92 Å². The van der Waals surface area contributed by atoms with E-state index in [1.165, 1.54) is 0 Å². The van der Waals surface area contributed by atoms with E-state index in [2.05, 4.69) is 19.2 Å². The van der Waals surface area contributed by atoms with E-state index in [1.54, 1.807) is 0 Å². The summed E-state index contributed by atoms with van der Waals surface area (Å²) in [5.74, 6) is -2.25. The van der Waals surface area contributed by atoms with E-state index in [-0.39, 0.29) is 24.2 Å². The van der Waals surface area contributed by atoms with Gasteiger partial charge in [0.1, 0.15) is 0 Å². The first kappa shape index (κ1) is 10.9. The molecule has 1 N–H and O–H groups in total. The zero-order valence-electron chi connectivity index (χ0n) is 8.66. The van der Waals surface area contributed by atoms with Gasteiger partial charge in [-0.2, -0.15) is 0 Å². The number of hydrogen-bond donors (Lipinski definition) is 1. The molecule has 78 valence electrons. The summed E-state index contributed by atoms with van der Waals surface area (Å²) >= 11 is 0. The summed E-state index contributed by atoms with van der Waals surface area (Å²) in [6, 6.07) is 0. The van der Waals surface area contributed by atoms with E-state index < -0.39 is 5.92 Å². The predicted octanol–water partition coefficient (Wildman–Crippen LogP) is 2.67. The minimum atomic E-state index is -2.41. The topological polar surface area (TPSA) is 12.0 Å². The number of rotatable bonds is 3. The second-order valence-electron chi connectivity index (χ2n) is 4.81. The van der Waals surface area contributed by atoms with Crippen molar-refractivity contribution in [2.75, 3.05) is 13.6 Å². The molecule has 1 aliphatic rings. The van der Waals surface area contributed by atoms with Gasteiger partial charge in [-0.3, -0.25) is 0 Å². The molecule has 0 radical (unpaired) electrons. The van der Waals surface area contributed by atoms with Gasteiger partial charge in [-0.05, 0) is 24.8 Å². The second kappa shape index (κ2) is 3.52. The van der Waals surface area contributed by atoms with Crippen molar-refractivity contribution in [2.45, 2.75) is 39.0 Å². The fourth-order valence-corrected chi connectivity index (χ4v) is 2.22. The summed E-state index contributed by atoms with van der Waals surface area (Å²) in [7, 11) is 1.87. The van der Waals surface area contributed by atoms with Gasteiger partial charge >= 0.3 is 0 Å². The Morgan fingerprint density at radius 3 is 2.46 bits per heavy atom. The van der Waals surface area contributed by atoms with Gasteiger partial charge in [-0.1, -0.05) is 13.8 Å². The lowest BCUT2D eigenvalue weighted by Crippen LogP contribution is -2.33. The quantitative estimate of drug-likeness (QED) is 0.723. The van der Waals surface area contributed by atoms with Crippen LogP contribution in [0.1, 0.15) is 33.1 Å². The summed E-state index contributed by atoms with van der Waals surface area (Å²) < 4.78 is 25.9. The fourth-order valence-electron chi connectivity index (χ4n) is 2.22. The Labute approximate surface area is 78.9 Å². The Balaban J connectivity index is 2.54. The molecule has 1 saturated carbocycles. The van der Waals surface area contributed by atoms with Crippen molar-refractivity contribution in [2.24, 2.45) is 11.3 Å². The van der Waals surface area contributed by atoms with Crippen molar-refractivity contribution in [1.29, 1.82) is 0 Å². The van der Waals surface area contributed by atoms with Crippen LogP contribution in [-0.2, 0) is 0 Å². The van der Waals surface area contributed by atoms with Crippen LogP contribution in [-0.4, -0.2) is 19.5 Å². The Morgan fingerprint density at radius 1 is 1.46 bits per heavy atom. The van der Waals surface area contributed by atoms with E-state index in [0.29, 0.717) is 6.42 Å². The molecule has 3 heteroatoms. The lowest BCUT2D eigenvalue weighted by atomic mass is 9.77. The first-order valence-corrected chi connectivity index (χ1v) is 4.90. The van der Waals surface area contributed by atoms with Gasteiger partial charge in [-0.25, -0.2) is 8.78 Å². The highest BCUT2D eigenvalue weighted by Gasteiger charge is 2.44. The molecule has 0 heterocycles. The van der Waals surface area contributed by atoms with Gasteiger partial charge in [0.05, 0.1) is 0 Å². The van der Waals surface area contributed by atoms with E-state index >= 15 is 0 Å². The number of halogens is 2. The van der Waals surface area contributed by atoms with Crippen LogP contribution in [0.15, 0.2) is 0 Å². The summed E-state index contributed by atoms with van der Waals surface area (Å²) in [5.41, 5.74) is -0.00528. The SMILES string of the molecule is CNCC(C)(C)C1CCC(F)(F)C1. The van der Waals surface area contributed by atoms with Crippen LogP contribution >= 0.6 is 0 Å². The van der Waals surface area contributed by atoms with E-state index in [9.17, 15) is 8.78 Å². The van der Waals surface area contributed by atoms with Crippen molar-refractivity contribution >= 4 is 0 Å². The maximum Gasteiger partial charge on any atom is 0.248 e. The molecule has 0 spiro atoms. The average Bonchev–Trinajstić information content (AvgIpc) is 2.30. The monoisotopic (exact) mass is 191 g/mol. The molecule has 0 amide bonds. The maximum absolute atomic E-state index is 12.9. The van der Waals surface area contributed by atoms with Gasteiger partial charge < -0.3 is 5.32 Å². The minimum absolute atomic E-state index is 0.00528. The molecule has 0 aromatic carbocycles. The normalized spacial score (nSPS) is 27.9. The third-order valence-corrected chi connectivity index (χ3v) is 3.14.